The fourth-order valence-electron chi connectivity index (χ4n) is 2.24. The maximum Gasteiger partial charge on any atom is 0.322 e. The van der Waals surface area contributed by atoms with Crippen molar-refractivity contribution in [2.75, 3.05) is 6.54 Å². The van der Waals surface area contributed by atoms with Crippen molar-refractivity contribution in [3.8, 4) is 0 Å². The number of carboxylic acids is 2. The number of hydrogen-bond donors (Lipinski definition) is 3. The number of carbonyl (C=O) groups excluding carboxylic acids is 1. The zero-order chi connectivity index (χ0) is 12.9. The molecule has 0 heterocycles. The smallest absolute Gasteiger partial charge is 0.322 e. The summed E-state index contributed by atoms with van der Waals surface area (Å²) in [6.45, 7) is -0.464. The van der Waals surface area contributed by atoms with E-state index in [1.54, 1.807) is 0 Å². The minimum absolute atomic E-state index is 0.129. The number of amides is 1. The molecule has 0 unspecified atom stereocenters. The third-order valence-corrected chi connectivity index (χ3v) is 3.20. The minimum atomic E-state index is -1.13. The number of rotatable bonds is 5. The molecule has 0 spiro atoms. The van der Waals surface area contributed by atoms with Crippen LogP contribution in [-0.4, -0.2) is 34.6 Å². The third-order valence-electron chi connectivity index (χ3n) is 3.20. The van der Waals surface area contributed by atoms with E-state index in [4.69, 9.17) is 5.11 Å². The van der Waals surface area contributed by atoms with E-state index in [0.29, 0.717) is 12.8 Å². The summed E-state index contributed by atoms with van der Waals surface area (Å²) in [7, 11) is 0. The van der Waals surface area contributed by atoms with E-state index in [2.05, 4.69) is 5.32 Å². The maximum absolute atomic E-state index is 11.5. The zero-order valence-electron chi connectivity index (χ0n) is 9.57. The number of aliphatic carboxylic acids is 2. The monoisotopic (exact) mass is 243 g/mol. The van der Waals surface area contributed by atoms with Gasteiger partial charge in [-0.1, -0.05) is 19.3 Å². The van der Waals surface area contributed by atoms with Crippen molar-refractivity contribution < 1.29 is 24.6 Å². The van der Waals surface area contributed by atoms with Crippen molar-refractivity contribution in [2.45, 2.75) is 38.5 Å². The van der Waals surface area contributed by atoms with Gasteiger partial charge in [-0.2, -0.15) is 0 Å². The molecule has 6 nitrogen and oxygen atoms in total. The van der Waals surface area contributed by atoms with Gasteiger partial charge in [0.2, 0.25) is 5.91 Å². The SMILES string of the molecule is O=C(O)CNC(=O)CC1(C(=O)O)CCCCC1. The van der Waals surface area contributed by atoms with Crippen molar-refractivity contribution >= 4 is 17.8 Å². The van der Waals surface area contributed by atoms with E-state index in [9.17, 15) is 19.5 Å². The Morgan fingerprint density at radius 1 is 1.06 bits per heavy atom. The molecule has 0 atom stereocenters. The van der Waals surface area contributed by atoms with Crippen LogP contribution in [-0.2, 0) is 14.4 Å². The molecule has 1 aliphatic carbocycles. The second-order valence-corrected chi connectivity index (χ2v) is 4.49. The molecule has 17 heavy (non-hydrogen) atoms. The average molecular weight is 243 g/mol. The fourth-order valence-corrected chi connectivity index (χ4v) is 2.24. The Labute approximate surface area is 99.0 Å². The van der Waals surface area contributed by atoms with E-state index in [1.807, 2.05) is 0 Å². The molecule has 0 aromatic rings. The largest absolute Gasteiger partial charge is 0.481 e. The van der Waals surface area contributed by atoms with Crippen LogP contribution in [0.2, 0.25) is 0 Å². The Balaban J connectivity index is 2.57. The van der Waals surface area contributed by atoms with Gasteiger partial charge in [0.15, 0.2) is 0 Å². The summed E-state index contributed by atoms with van der Waals surface area (Å²) in [6, 6.07) is 0. The molecular weight excluding hydrogens is 226 g/mol. The van der Waals surface area contributed by atoms with Gasteiger partial charge >= 0.3 is 11.9 Å². The van der Waals surface area contributed by atoms with Gasteiger partial charge in [-0.05, 0) is 12.8 Å². The highest BCUT2D eigenvalue weighted by Crippen LogP contribution is 2.39. The Bertz CT molecular complexity index is 320. The molecule has 0 radical (unpaired) electrons. The van der Waals surface area contributed by atoms with E-state index < -0.39 is 29.8 Å². The topological polar surface area (TPSA) is 104 Å². The van der Waals surface area contributed by atoms with Gasteiger partial charge in [0.05, 0.1) is 5.41 Å². The lowest BCUT2D eigenvalue weighted by Gasteiger charge is -2.32. The molecule has 0 bridgehead atoms. The van der Waals surface area contributed by atoms with Crippen molar-refractivity contribution in [3.63, 3.8) is 0 Å². The lowest BCUT2D eigenvalue weighted by Crippen LogP contribution is -2.40. The first kappa shape index (κ1) is 13.5. The van der Waals surface area contributed by atoms with Gasteiger partial charge in [-0.15, -0.1) is 0 Å². The first-order valence-corrected chi connectivity index (χ1v) is 5.68. The van der Waals surface area contributed by atoms with Crippen LogP contribution in [0.4, 0.5) is 0 Å². The molecule has 0 aliphatic heterocycles. The van der Waals surface area contributed by atoms with Crippen LogP contribution in [0, 0.1) is 5.41 Å². The molecular formula is C11H17NO5. The second-order valence-electron chi connectivity index (χ2n) is 4.49. The van der Waals surface area contributed by atoms with Crippen molar-refractivity contribution in [1.29, 1.82) is 0 Å². The minimum Gasteiger partial charge on any atom is -0.481 e. The van der Waals surface area contributed by atoms with Gasteiger partial charge in [0, 0.05) is 6.42 Å². The van der Waals surface area contributed by atoms with E-state index in [0.717, 1.165) is 19.3 Å². The van der Waals surface area contributed by atoms with E-state index in [-0.39, 0.29) is 6.42 Å². The molecule has 6 heteroatoms. The summed E-state index contributed by atoms with van der Waals surface area (Å²) < 4.78 is 0. The van der Waals surface area contributed by atoms with Gasteiger partial charge in [0.25, 0.3) is 0 Å². The van der Waals surface area contributed by atoms with Crippen LogP contribution in [0.15, 0.2) is 0 Å². The zero-order valence-corrected chi connectivity index (χ0v) is 9.57. The lowest BCUT2D eigenvalue weighted by molar-refractivity contribution is -0.154. The molecule has 3 N–H and O–H groups in total. The summed E-state index contributed by atoms with van der Waals surface area (Å²) in [5, 5.41) is 19.8. The van der Waals surface area contributed by atoms with Crippen molar-refractivity contribution in [2.24, 2.45) is 5.41 Å². The molecule has 1 aliphatic rings. The molecule has 0 aromatic heterocycles. The van der Waals surface area contributed by atoms with Crippen LogP contribution in [0.3, 0.4) is 0 Å². The fraction of sp³-hybridized carbons (Fsp3) is 0.727. The standard InChI is InChI=1S/C11H17NO5/c13-8(12-7-9(14)15)6-11(10(16)17)4-2-1-3-5-11/h1-7H2,(H,12,13)(H,14,15)(H,16,17). The predicted octanol–water partition coefficient (Wildman–Crippen LogP) is 0.612. The van der Waals surface area contributed by atoms with Gasteiger partial charge < -0.3 is 15.5 Å². The van der Waals surface area contributed by atoms with Crippen LogP contribution in [0.5, 0.6) is 0 Å². The highest BCUT2D eigenvalue weighted by Gasteiger charge is 2.41. The summed E-state index contributed by atoms with van der Waals surface area (Å²) in [6.07, 6.45) is 3.45. The number of carbonyl (C=O) groups is 3. The van der Waals surface area contributed by atoms with Crippen LogP contribution >= 0.6 is 0 Å². The summed E-state index contributed by atoms with van der Waals surface area (Å²) in [5.41, 5.74) is -0.999. The molecule has 1 fully saturated rings. The van der Waals surface area contributed by atoms with Gasteiger partial charge in [0.1, 0.15) is 6.54 Å². The average Bonchev–Trinajstić information content (AvgIpc) is 2.27. The lowest BCUT2D eigenvalue weighted by atomic mass is 9.71. The molecule has 0 aromatic carbocycles. The van der Waals surface area contributed by atoms with E-state index >= 15 is 0 Å². The summed E-state index contributed by atoms with van der Waals surface area (Å²) >= 11 is 0. The third kappa shape index (κ3) is 3.72. The molecule has 1 amide bonds. The van der Waals surface area contributed by atoms with Crippen LogP contribution in [0.1, 0.15) is 38.5 Å². The highest BCUT2D eigenvalue weighted by atomic mass is 16.4. The molecule has 0 saturated heterocycles. The molecule has 96 valence electrons. The Morgan fingerprint density at radius 3 is 2.12 bits per heavy atom. The van der Waals surface area contributed by atoms with Gasteiger partial charge in [-0.25, -0.2) is 0 Å². The highest BCUT2D eigenvalue weighted by molar-refractivity contribution is 5.86. The summed E-state index contributed by atoms with van der Waals surface area (Å²) in [4.78, 5) is 33.0. The summed E-state index contributed by atoms with van der Waals surface area (Å²) in [5.74, 6) is -2.59. The van der Waals surface area contributed by atoms with Gasteiger partial charge in [-0.3, -0.25) is 14.4 Å². The van der Waals surface area contributed by atoms with Crippen LogP contribution < -0.4 is 5.32 Å². The quantitative estimate of drug-likeness (QED) is 0.656. The first-order valence-electron chi connectivity index (χ1n) is 5.68. The number of nitrogens with one attached hydrogen (secondary N) is 1. The Kier molecular flexibility index (Phi) is 4.48. The molecule has 1 saturated carbocycles. The second kappa shape index (κ2) is 5.65. The Morgan fingerprint density at radius 2 is 1.65 bits per heavy atom. The van der Waals surface area contributed by atoms with E-state index in [1.165, 1.54) is 0 Å². The maximum atomic E-state index is 11.5. The molecule has 1 rings (SSSR count). The van der Waals surface area contributed by atoms with Crippen molar-refractivity contribution in [1.82, 2.24) is 5.32 Å². The number of hydrogen-bond acceptors (Lipinski definition) is 3. The van der Waals surface area contributed by atoms with Crippen LogP contribution in [0.25, 0.3) is 0 Å². The predicted molar refractivity (Wildman–Crippen MR) is 58.4 cm³/mol. The van der Waals surface area contributed by atoms with Crippen molar-refractivity contribution in [3.05, 3.63) is 0 Å². The first-order chi connectivity index (χ1) is 7.96. The Hall–Kier alpha value is -1.59. The normalized spacial score (nSPS) is 18.4. The number of carboxylic acid groups (broad SMARTS) is 2.